The topological polar surface area (TPSA) is 122 Å². The van der Waals surface area contributed by atoms with E-state index < -0.39 is 30.2 Å². The number of amides is 3. The van der Waals surface area contributed by atoms with Gasteiger partial charge in [-0.2, -0.15) is 0 Å². The van der Waals surface area contributed by atoms with Crippen LogP contribution >= 0.6 is 0 Å². The maximum absolute atomic E-state index is 13.9. The summed E-state index contributed by atoms with van der Waals surface area (Å²) in [4.78, 5) is 45.2. The lowest BCUT2D eigenvalue weighted by molar-refractivity contribution is -0.138. The summed E-state index contributed by atoms with van der Waals surface area (Å²) in [5.41, 5.74) is 0.962. The Morgan fingerprint density at radius 2 is 1.47 bits per heavy atom. The minimum Gasteiger partial charge on any atom is -0.390 e. The van der Waals surface area contributed by atoms with Crippen molar-refractivity contribution in [1.29, 1.82) is 0 Å². The van der Waals surface area contributed by atoms with Gasteiger partial charge in [-0.1, -0.05) is 90.1 Å². The summed E-state index contributed by atoms with van der Waals surface area (Å²) in [6, 6.07) is 8.25. The number of hydrogen-bond donors (Lipinski definition) is 4. The van der Waals surface area contributed by atoms with E-state index in [2.05, 4.69) is 15.5 Å². The highest BCUT2D eigenvalue weighted by Gasteiger charge is 2.35. The summed E-state index contributed by atoms with van der Waals surface area (Å²) in [7, 11) is 2.04. The van der Waals surface area contributed by atoms with Crippen molar-refractivity contribution < 1.29 is 24.6 Å². The predicted octanol–water partition coefficient (Wildman–Crippen LogP) is 3.76. The number of carbonyl (C=O) groups excluding carboxylic acids is 3. The van der Waals surface area contributed by atoms with Crippen molar-refractivity contribution in [3.63, 3.8) is 0 Å². The van der Waals surface area contributed by atoms with Gasteiger partial charge in [0.05, 0.1) is 18.1 Å². The van der Waals surface area contributed by atoms with Gasteiger partial charge in [-0.05, 0) is 56.0 Å². The van der Waals surface area contributed by atoms with Crippen LogP contribution in [0, 0.1) is 23.7 Å². The average Bonchev–Trinajstić information content (AvgIpc) is 3.00. The number of rotatable bonds is 16. The number of carbonyl (C=O) groups is 3. The highest BCUT2D eigenvalue weighted by atomic mass is 16.3. The average molecular weight is 629 g/mol. The quantitative estimate of drug-likeness (QED) is 0.221. The second-order valence-corrected chi connectivity index (χ2v) is 14.5. The Balaban J connectivity index is 1.77. The molecule has 254 valence electrons. The third kappa shape index (κ3) is 12.7. The molecule has 1 aromatic carbocycles. The van der Waals surface area contributed by atoms with Gasteiger partial charge in [0.2, 0.25) is 17.7 Å². The van der Waals surface area contributed by atoms with Gasteiger partial charge in [0.25, 0.3) is 0 Å². The molecule has 1 aliphatic carbocycles. The number of likely N-dealkylation sites (N-methyl/N-ethyl adjacent to an activating group) is 1. The summed E-state index contributed by atoms with van der Waals surface area (Å²) in [6.07, 6.45) is 5.45. The minimum absolute atomic E-state index is 0.0427. The number of piperazine rings is 1. The molecule has 2 aliphatic rings. The molecule has 0 aromatic heterocycles. The van der Waals surface area contributed by atoms with E-state index in [1.807, 2.05) is 70.0 Å². The molecule has 5 atom stereocenters. The molecule has 2 fully saturated rings. The summed E-state index contributed by atoms with van der Waals surface area (Å²) in [5.74, 6) is -0.641. The molecule has 1 aromatic rings. The molecule has 3 rings (SSSR count). The minimum atomic E-state index is -1.10. The first-order chi connectivity index (χ1) is 21.4. The van der Waals surface area contributed by atoms with Crippen LogP contribution in [0.4, 0.5) is 0 Å². The van der Waals surface area contributed by atoms with E-state index in [9.17, 15) is 24.6 Å². The summed E-state index contributed by atoms with van der Waals surface area (Å²) < 4.78 is 0. The molecule has 45 heavy (non-hydrogen) atoms. The van der Waals surface area contributed by atoms with Crippen LogP contribution in [0.25, 0.3) is 0 Å². The fraction of sp³-hybridized carbons (Fsp3) is 0.750. The summed E-state index contributed by atoms with van der Waals surface area (Å²) >= 11 is 0. The van der Waals surface area contributed by atoms with Crippen LogP contribution < -0.4 is 10.6 Å². The van der Waals surface area contributed by atoms with Crippen LogP contribution in [0.5, 0.6) is 0 Å². The zero-order valence-corrected chi connectivity index (χ0v) is 28.4. The molecule has 0 radical (unpaired) electrons. The third-order valence-corrected chi connectivity index (χ3v) is 9.47. The molecular formula is C36H60N4O5. The Hall–Kier alpha value is -2.49. The van der Waals surface area contributed by atoms with Crippen LogP contribution in [-0.2, 0) is 20.8 Å². The van der Waals surface area contributed by atoms with Gasteiger partial charge in [-0.15, -0.1) is 0 Å². The van der Waals surface area contributed by atoms with E-state index >= 15 is 0 Å². The van der Waals surface area contributed by atoms with Gasteiger partial charge in [-0.25, -0.2) is 0 Å². The molecule has 1 aliphatic heterocycles. The Kier molecular flexibility index (Phi) is 15.3. The van der Waals surface area contributed by atoms with Crippen molar-refractivity contribution >= 4 is 17.7 Å². The predicted molar refractivity (Wildman–Crippen MR) is 178 cm³/mol. The summed E-state index contributed by atoms with van der Waals surface area (Å²) in [6.45, 7) is 10.9. The first-order valence-corrected chi connectivity index (χ1v) is 17.4. The molecule has 0 spiro atoms. The molecule has 9 nitrogen and oxygen atoms in total. The molecule has 4 N–H and O–H groups in total. The molecule has 0 bridgehead atoms. The van der Waals surface area contributed by atoms with E-state index in [0.717, 1.165) is 44.3 Å². The van der Waals surface area contributed by atoms with Gasteiger partial charge in [0.15, 0.2) is 0 Å². The fourth-order valence-corrected chi connectivity index (χ4v) is 6.78. The zero-order chi connectivity index (χ0) is 32.9. The first kappa shape index (κ1) is 37.0. The van der Waals surface area contributed by atoms with E-state index in [4.69, 9.17) is 0 Å². The molecular weight excluding hydrogens is 568 g/mol. The maximum Gasteiger partial charge on any atom is 0.242 e. The van der Waals surface area contributed by atoms with Crippen molar-refractivity contribution in [2.24, 2.45) is 23.7 Å². The number of aliphatic hydroxyl groups excluding tert-OH is 2. The second-order valence-electron chi connectivity index (χ2n) is 14.5. The van der Waals surface area contributed by atoms with Gasteiger partial charge in [-0.3, -0.25) is 14.4 Å². The molecule has 0 unspecified atom stereocenters. The molecule has 3 amide bonds. The van der Waals surface area contributed by atoms with Gasteiger partial charge >= 0.3 is 0 Å². The maximum atomic E-state index is 13.9. The number of nitrogens with zero attached hydrogens (tertiary/aromatic N) is 2. The zero-order valence-electron chi connectivity index (χ0n) is 28.4. The lowest BCUT2D eigenvalue weighted by Gasteiger charge is -2.34. The van der Waals surface area contributed by atoms with Crippen LogP contribution in [0.1, 0.15) is 91.0 Å². The number of nitrogens with one attached hydrogen (secondary N) is 2. The van der Waals surface area contributed by atoms with E-state index in [1.165, 1.54) is 6.42 Å². The Bertz CT molecular complexity index is 1040. The van der Waals surface area contributed by atoms with Crippen LogP contribution in [-0.4, -0.2) is 95.3 Å². The van der Waals surface area contributed by atoms with Gasteiger partial charge in [0.1, 0.15) is 12.1 Å². The number of hydrogen-bond acceptors (Lipinski definition) is 6. The van der Waals surface area contributed by atoms with E-state index in [1.54, 1.807) is 0 Å². The highest BCUT2D eigenvalue weighted by molar-refractivity contribution is 5.91. The van der Waals surface area contributed by atoms with Gasteiger partial charge in [0, 0.05) is 32.6 Å². The Morgan fingerprint density at radius 1 is 0.844 bits per heavy atom. The molecule has 1 saturated heterocycles. The normalized spacial score (nSPS) is 20.0. The Labute approximate surface area is 271 Å². The largest absolute Gasteiger partial charge is 0.390 e. The smallest absolute Gasteiger partial charge is 0.242 e. The van der Waals surface area contributed by atoms with Crippen molar-refractivity contribution in [1.82, 2.24) is 20.4 Å². The Morgan fingerprint density at radius 3 is 2.07 bits per heavy atom. The molecule has 1 heterocycles. The van der Waals surface area contributed by atoms with Crippen molar-refractivity contribution in [2.75, 3.05) is 33.2 Å². The lowest BCUT2D eigenvalue weighted by atomic mass is 9.82. The van der Waals surface area contributed by atoms with Crippen molar-refractivity contribution in [3.8, 4) is 0 Å². The molecule has 9 heteroatoms. The standard InChI is InChI=1S/C36H60N4O5/c1-25(2)20-31(36(45)37-30(23-28-14-10-7-11-15-28)34(43)32(41)21-26(3)4)38-35(44)29(22-27-12-8-6-9-13-27)24-33(42)40-18-16-39(5)17-19-40/h6,8-9,12-13,25-26,28-32,34,41,43H,7,10-11,14-24H2,1-5H3,(H,37,45)(H,38,44)/t29-,30+,31+,32+,34-/m1/s1. The second kappa shape index (κ2) is 18.6. The fourth-order valence-electron chi connectivity index (χ4n) is 6.78. The SMILES string of the molecule is CC(C)C[C@H](NC(=O)[C@@H](CC(=O)N1CCN(C)CC1)Cc1ccccc1)C(=O)N[C@@H](CC1CCCCC1)[C@@H](O)[C@@H](O)CC(C)C. The number of benzene rings is 1. The third-order valence-electron chi connectivity index (χ3n) is 9.47. The number of aliphatic hydroxyl groups is 2. The monoisotopic (exact) mass is 628 g/mol. The van der Waals surface area contributed by atoms with Crippen LogP contribution in [0.3, 0.4) is 0 Å². The van der Waals surface area contributed by atoms with Gasteiger partial charge < -0.3 is 30.6 Å². The van der Waals surface area contributed by atoms with Crippen molar-refractivity contribution in [2.45, 2.75) is 116 Å². The van der Waals surface area contributed by atoms with E-state index in [-0.39, 0.29) is 36.0 Å². The molecule has 1 saturated carbocycles. The van der Waals surface area contributed by atoms with Crippen LogP contribution in [0.2, 0.25) is 0 Å². The van der Waals surface area contributed by atoms with Crippen molar-refractivity contribution in [3.05, 3.63) is 35.9 Å². The lowest BCUT2D eigenvalue weighted by Crippen LogP contribution is -2.56. The highest BCUT2D eigenvalue weighted by Crippen LogP contribution is 2.29. The first-order valence-electron chi connectivity index (χ1n) is 17.4. The summed E-state index contributed by atoms with van der Waals surface area (Å²) in [5, 5.41) is 28.2. The van der Waals surface area contributed by atoms with E-state index in [0.29, 0.717) is 44.7 Å². The van der Waals surface area contributed by atoms with Crippen LogP contribution in [0.15, 0.2) is 30.3 Å².